The second kappa shape index (κ2) is 7.42. The van der Waals surface area contributed by atoms with Crippen molar-refractivity contribution in [2.75, 3.05) is 12.3 Å². The van der Waals surface area contributed by atoms with E-state index in [1.165, 1.54) is 50.5 Å². The molecule has 1 saturated carbocycles. The molecule has 0 spiro atoms. The summed E-state index contributed by atoms with van der Waals surface area (Å²) in [5.74, 6) is 0. The van der Waals surface area contributed by atoms with Gasteiger partial charge in [0.1, 0.15) is 0 Å². The van der Waals surface area contributed by atoms with Crippen LogP contribution in [0.1, 0.15) is 50.5 Å². The standard InChI is InChI=1S/C16H26N2/c17-15-8-6-7-14(13-15)11-12-18-16-9-4-2-1-3-5-10-16/h6-8,13,16,18H,1-5,9-12,17H2. The van der Waals surface area contributed by atoms with Gasteiger partial charge in [0.15, 0.2) is 0 Å². The number of nitrogen functional groups attached to an aromatic ring is 1. The Morgan fingerprint density at radius 1 is 1.06 bits per heavy atom. The van der Waals surface area contributed by atoms with Crippen LogP contribution in [0.25, 0.3) is 0 Å². The molecular weight excluding hydrogens is 220 g/mol. The van der Waals surface area contributed by atoms with Gasteiger partial charge >= 0.3 is 0 Å². The van der Waals surface area contributed by atoms with E-state index in [1.54, 1.807) is 0 Å². The number of rotatable bonds is 4. The van der Waals surface area contributed by atoms with Crippen LogP contribution in [0, 0.1) is 0 Å². The molecule has 2 rings (SSSR count). The van der Waals surface area contributed by atoms with E-state index < -0.39 is 0 Å². The van der Waals surface area contributed by atoms with Crippen molar-refractivity contribution in [2.24, 2.45) is 0 Å². The highest BCUT2D eigenvalue weighted by Crippen LogP contribution is 2.17. The van der Waals surface area contributed by atoms with Gasteiger partial charge in [-0.2, -0.15) is 0 Å². The second-order valence-corrected chi connectivity index (χ2v) is 5.49. The summed E-state index contributed by atoms with van der Waals surface area (Å²) in [6.07, 6.45) is 10.9. The molecule has 0 radical (unpaired) electrons. The molecule has 1 aromatic carbocycles. The Kier molecular flexibility index (Phi) is 5.53. The van der Waals surface area contributed by atoms with E-state index in [1.807, 2.05) is 12.1 Å². The van der Waals surface area contributed by atoms with E-state index >= 15 is 0 Å². The smallest absolute Gasteiger partial charge is 0.0316 e. The second-order valence-electron chi connectivity index (χ2n) is 5.49. The van der Waals surface area contributed by atoms with Crippen molar-refractivity contribution in [1.29, 1.82) is 0 Å². The fourth-order valence-electron chi connectivity index (χ4n) is 2.83. The topological polar surface area (TPSA) is 38.0 Å². The van der Waals surface area contributed by atoms with Gasteiger partial charge in [0.05, 0.1) is 0 Å². The molecule has 1 aliphatic rings. The Hall–Kier alpha value is -1.02. The number of nitrogens with one attached hydrogen (secondary N) is 1. The predicted molar refractivity (Wildman–Crippen MR) is 78.7 cm³/mol. The molecule has 3 N–H and O–H groups in total. The summed E-state index contributed by atoms with van der Waals surface area (Å²) in [4.78, 5) is 0. The number of hydrogen-bond acceptors (Lipinski definition) is 2. The maximum atomic E-state index is 5.79. The van der Waals surface area contributed by atoms with Crippen molar-refractivity contribution in [3.8, 4) is 0 Å². The molecule has 0 bridgehead atoms. The lowest BCUT2D eigenvalue weighted by molar-refractivity contribution is 0.392. The van der Waals surface area contributed by atoms with Crippen LogP contribution in [0.5, 0.6) is 0 Å². The van der Waals surface area contributed by atoms with Crippen molar-refractivity contribution < 1.29 is 0 Å². The molecular formula is C16H26N2. The predicted octanol–water partition coefficient (Wildman–Crippen LogP) is 3.51. The molecule has 2 heteroatoms. The Morgan fingerprint density at radius 3 is 2.50 bits per heavy atom. The molecule has 0 unspecified atom stereocenters. The monoisotopic (exact) mass is 246 g/mol. The quantitative estimate of drug-likeness (QED) is 0.798. The highest BCUT2D eigenvalue weighted by Gasteiger charge is 2.10. The van der Waals surface area contributed by atoms with Crippen molar-refractivity contribution in [3.05, 3.63) is 29.8 Å². The van der Waals surface area contributed by atoms with Crippen molar-refractivity contribution >= 4 is 5.69 Å². The summed E-state index contributed by atoms with van der Waals surface area (Å²) in [5, 5.41) is 3.72. The fourth-order valence-corrected chi connectivity index (χ4v) is 2.83. The van der Waals surface area contributed by atoms with Crippen LogP contribution in [0.2, 0.25) is 0 Å². The Balaban J connectivity index is 1.70. The van der Waals surface area contributed by atoms with Gasteiger partial charge in [-0.25, -0.2) is 0 Å². The Bertz CT molecular complexity index is 341. The molecule has 0 saturated heterocycles. The molecule has 1 fully saturated rings. The van der Waals surface area contributed by atoms with Crippen LogP contribution in [-0.2, 0) is 6.42 Å². The van der Waals surface area contributed by atoms with E-state index in [-0.39, 0.29) is 0 Å². The van der Waals surface area contributed by atoms with Gasteiger partial charge in [-0.3, -0.25) is 0 Å². The molecule has 1 aromatic rings. The normalized spacial score (nSPS) is 18.2. The van der Waals surface area contributed by atoms with Crippen LogP contribution in [-0.4, -0.2) is 12.6 Å². The SMILES string of the molecule is Nc1cccc(CCNC2CCCCCCC2)c1. The zero-order chi connectivity index (χ0) is 12.6. The van der Waals surface area contributed by atoms with E-state index in [9.17, 15) is 0 Å². The van der Waals surface area contributed by atoms with Crippen molar-refractivity contribution in [3.63, 3.8) is 0 Å². The zero-order valence-corrected chi connectivity index (χ0v) is 11.3. The first kappa shape index (κ1) is 13.4. The number of anilines is 1. The summed E-state index contributed by atoms with van der Waals surface area (Å²) >= 11 is 0. The maximum absolute atomic E-state index is 5.79. The summed E-state index contributed by atoms with van der Waals surface area (Å²) in [5.41, 5.74) is 8.01. The molecule has 100 valence electrons. The van der Waals surface area contributed by atoms with Gasteiger partial charge in [-0.05, 0) is 43.5 Å². The Morgan fingerprint density at radius 2 is 1.78 bits per heavy atom. The molecule has 0 amide bonds. The lowest BCUT2D eigenvalue weighted by Crippen LogP contribution is -2.31. The molecule has 0 atom stereocenters. The average Bonchev–Trinajstić information content (AvgIpc) is 2.32. The van der Waals surface area contributed by atoms with Gasteiger partial charge in [-0.15, -0.1) is 0 Å². The van der Waals surface area contributed by atoms with E-state index in [2.05, 4.69) is 17.4 Å². The minimum Gasteiger partial charge on any atom is -0.399 e. The van der Waals surface area contributed by atoms with Gasteiger partial charge < -0.3 is 11.1 Å². The largest absolute Gasteiger partial charge is 0.399 e. The molecule has 0 heterocycles. The molecule has 0 aromatic heterocycles. The van der Waals surface area contributed by atoms with Gasteiger partial charge in [0, 0.05) is 11.7 Å². The van der Waals surface area contributed by atoms with E-state index in [0.717, 1.165) is 24.7 Å². The van der Waals surface area contributed by atoms with Crippen LogP contribution < -0.4 is 11.1 Å². The summed E-state index contributed by atoms with van der Waals surface area (Å²) in [6.45, 7) is 1.08. The third-order valence-corrected chi connectivity index (χ3v) is 3.90. The van der Waals surface area contributed by atoms with Crippen molar-refractivity contribution in [2.45, 2.75) is 57.4 Å². The third-order valence-electron chi connectivity index (χ3n) is 3.90. The summed E-state index contributed by atoms with van der Waals surface area (Å²) in [7, 11) is 0. The molecule has 1 aliphatic carbocycles. The number of benzene rings is 1. The summed E-state index contributed by atoms with van der Waals surface area (Å²) < 4.78 is 0. The van der Waals surface area contributed by atoms with Crippen LogP contribution in [0.4, 0.5) is 5.69 Å². The first-order chi connectivity index (χ1) is 8.84. The van der Waals surface area contributed by atoms with Crippen LogP contribution >= 0.6 is 0 Å². The summed E-state index contributed by atoms with van der Waals surface area (Å²) in [6, 6.07) is 8.98. The maximum Gasteiger partial charge on any atom is 0.0316 e. The minimum atomic E-state index is 0.742. The first-order valence-corrected chi connectivity index (χ1v) is 7.42. The zero-order valence-electron chi connectivity index (χ0n) is 11.3. The van der Waals surface area contributed by atoms with Crippen LogP contribution in [0.3, 0.4) is 0 Å². The number of hydrogen-bond donors (Lipinski definition) is 2. The Labute approximate surface area is 111 Å². The van der Waals surface area contributed by atoms with E-state index in [0.29, 0.717) is 0 Å². The van der Waals surface area contributed by atoms with E-state index in [4.69, 9.17) is 5.73 Å². The number of nitrogens with two attached hydrogens (primary N) is 1. The van der Waals surface area contributed by atoms with Gasteiger partial charge in [0.2, 0.25) is 0 Å². The minimum absolute atomic E-state index is 0.742. The highest BCUT2D eigenvalue weighted by molar-refractivity contribution is 5.40. The van der Waals surface area contributed by atoms with Crippen LogP contribution in [0.15, 0.2) is 24.3 Å². The fraction of sp³-hybridized carbons (Fsp3) is 0.625. The van der Waals surface area contributed by atoms with Gasteiger partial charge in [-0.1, -0.05) is 44.2 Å². The first-order valence-electron chi connectivity index (χ1n) is 7.42. The highest BCUT2D eigenvalue weighted by atomic mass is 14.9. The van der Waals surface area contributed by atoms with Crippen molar-refractivity contribution in [1.82, 2.24) is 5.32 Å². The average molecular weight is 246 g/mol. The van der Waals surface area contributed by atoms with Gasteiger partial charge in [0.25, 0.3) is 0 Å². The molecule has 2 nitrogen and oxygen atoms in total. The molecule has 0 aliphatic heterocycles. The molecule has 18 heavy (non-hydrogen) atoms. The lowest BCUT2D eigenvalue weighted by Gasteiger charge is -2.21. The third kappa shape index (κ3) is 4.69. The lowest BCUT2D eigenvalue weighted by atomic mass is 9.96.